The third-order valence-electron chi connectivity index (χ3n) is 2.82. The molecule has 0 atom stereocenters. The van der Waals surface area contributed by atoms with E-state index in [1.165, 1.54) is 12.1 Å². The van der Waals surface area contributed by atoms with E-state index in [4.69, 9.17) is 10.9 Å². The summed E-state index contributed by atoms with van der Waals surface area (Å²) in [6.07, 6.45) is 0. The highest BCUT2D eigenvalue weighted by atomic mass is 19.1. The van der Waals surface area contributed by atoms with Crippen molar-refractivity contribution in [3.63, 3.8) is 0 Å². The first-order valence-corrected chi connectivity index (χ1v) is 6.13. The molecule has 0 radical (unpaired) electrons. The molecule has 0 bridgehead atoms. The molecule has 0 saturated carbocycles. The lowest BCUT2D eigenvalue weighted by Gasteiger charge is -2.22. The number of oxime groups is 1. The number of rotatable bonds is 4. The van der Waals surface area contributed by atoms with E-state index in [1.54, 1.807) is 30.3 Å². The molecule has 1 heterocycles. The SMILES string of the molecule is CCN(c1cccc(F)c1)c1cccc(C(N)=NO)n1. The van der Waals surface area contributed by atoms with Gasteiger partial charge in [0.25, 0.3) is 0 Å². The number of hydrogen-bond acceptors (Lipinski definition) is 4. The van der Waals surface area contributed by atoms with Gasteiger partial charge in [-0.15, -0.1) is 0 Å². The monoisotopic (exact) mass is 274 g/mol. The Bertz CT molecular complexity index is 630. The topological polar surface area (TPSA) is 74.7 Å². The number of hydrogen-bond donors (Lipinski definition) is 2. The number of aromatic nitrogens is 1. The molecule has 6 heteroatoms. The Kier molecular flexibility index (Phi) is 4.14. The number of amidine groups is 1. The first-order chi connectivity index (χ1) is 9.65. The van der Waals surface area contributed by atoms with Crippen LogP contribution in [0.2, 0.25) is 0 Å². The summed E-state index contributed by atoms with van der Waals surface area (Å²) in [5, 5.41) is 11.6. The van der Waals surface area contributed by atoms with Gasteiger partial charge in [-0.2, -0.15) is 0 Å². The average molecular weight is 274 g/mol. The number of nitrogens with zero attached hydrogens (tertiary/aromatic N) is 3. The Hall–Kier alpha value is -2.63. The summed E-state index contributed by atoms with van der Waals surface area (Å²) in [5.41, 5.74) is 6.58. The van der Waals surface area contributed by atoms with E-state index in [2.05, 4.69) is 10.1 Å². The Morgan fingerprint density at radius 2 is 2.10 bits per heavy atom. The van der Waals surface area contributed by atoms with Gasteiger partial charge >= 0.3 is 0 Å². The number of pyridine rings is 1. The van der Waals surface area contributed by atoms with E-state index >= 15 is 0 Å². The largest absolute Gasteiger partial charge is 0.409 e. The summed E-state index contributed by atoms with van der Waals surface area (Å²) < 4.78 is 13.3. The van der Waals surface area contributed by atoms with Gasteiger partial charge in [-0.05, 0) is 37.3 Å². The van der Waals surface area contributed by atoms with Crippen molar-refractivity contribution in [1.29, 1.82) is 0 Å². The van der Waals surface area contributed by atoms with Crippen LogP contribution in [-0.4, -0.2) is 22.6 Å². The highest BCUT2D eigenvalue weighted by Crippen LogP contribution is 2.23. The maximum Gasteiger partial charge on any atom is 0.188 e. The fourth-order valence-corrected chi connectivity index (χ4v) is 1.89. The van der Waals surface area contributed by atoms with Crippen LogP contribution in [0.15, 0.2) is 47.6 Å². The molecule has 2 aromatic rings. The zero-order valence-electron chi connectivity index (χ0n) is 11.0. The number of halogens is 1. The minimum absolute atomic E-state index is 0.0675. The van der Waals surface area contributed by atoms with E-state index < -0.39 is 0 Å². The lowest BCUT2D eigenvalue weighted by atomic mass is 10.2. The second-order valence-electron chi connectivity index (χ2n) is 4.09. The van der Waals surface area contributed by atoms with E-state index in [-0.39, 0.29) is 11.7 Å². The summed E-state index contributed by atoms with van der Waals surface area (Å²) >= 11 is 0. The van der Waals surface area contributed by atoms with Crippen LogP contribution in [0.1, 0.15) is 12.6 Å². The van der Waals surface area contributed by atoms with Gasteiger partial charge in [-0.3, -0.25) is 0 Å². The van der Waals surface area contributed by atoms with E-state index in [1.807, 2.05) is 11.8 Å². The van der Waals surface area contributed by atoms with Crippen molar-refractivity contribution in [3.8, 4) is 0 Å². The van der Waals surface area contributed by atoms with Crippen LogP contribution in [0.3, 0.4) is 0 Å². The molecule has 0 unspecified atom stereocenters. The van der Waals surface area contributed by atoms with Crippen LogP contribution < -0.4 is 10.6 Å². The van der Waals surface area contributed by atoms with Gasteiger partial charge in [0.15, 0.2) is 5.84 Å². The molecule has 2 rings (SSSR count). The lowest BCUT2D eigenvalue weighted by molar-refractivity contribution is 0.318. The van der Waals surface area contributed by atoms with Crippen LogP contribution in [-0.2, 0) is 0 Å². The summed E-state index contributed by atoms with van der Waals surface area (Å²) in [5.74, 6) is 0.220. The molecule has 0 aliphatic heterocycles. The first-order valence-electron chi connectivity index (χ1n) is 6.13. The van der Waals surface area contributed by atoms with Gasteiger partial charge in [0, 0.05) is 12.2 Å². The number of nitrogens with two attached hydrogens (primary N) is 1. The number of anilines is 2. The third kappa shape index (κ3) is 2.85. The van der Waals surface area contributed by atoms with Crippen molar-refractivity contribution >= 4 is 17.3 Å². The van der Waals surface area contributed by atoms with Gasteiger partial charge in [-0.1, -0.05) is 17.3 Å². The molecule has 20 heavy (non-hydrogen) atoms. The van der Waals surface area contributed by atoms with Crippen molar-refractivity contribution < 1.29 is 9.60 Å². The molecule has 5 nitrogen and oxygen atoms in total. The smallest absolute Gasteiger partial charge is 0.188 e. The maximum absolute atomic E-state index is 13.3. The lowest BCUT2D eigenvalue weighted by Crippen LogP contribution is -2.20. The molecule has 0 aliphatic rings. The summed E-state index contributed by atoms with van der Waals surface area (Å²) in [7, 11) is 0. The normalized spacial score (nSPS) is 11.4. The second kappa shape index (κ2) is 6.01. The number of benzene rings is 1. The zero-order valence-corrected chi connectivity index (χ0v) is 11.0. The van der Waals surface area contributed by atoms with Crippen molar-refractivity contribution in [2.75, 3.05) is 11.4 Å². The quantitative estimate of drug-likeness (QED) is 0.389. The summed E-state index contributed by atoms with van der Waals surface area (Å²) in [6, 6.07) is 11.4. The molecule has 0 saturated heterocycles. The van der Waals surface area contributed by atoms with E-state index in [0.29, 0.717) is 23.7 Å². The maximum atomic E-state index is 13.3. The first kappa shape index (κ1) is 13.8. The fraction of sp³-hybridized carbons (Fsp3) is 0.143. The molecule has 0 aliphatic carbocycles. The van der Waals surface area contributed by atoms with Gasteiger partial charge in [0.05, 0.1) is 0 Å². The van der Waals surface area contributed by atoms with Crippen molar-refractivity contribution in [3.05, 3.63) is 54.0 Å². The van der Waals surface area contributed by atoms with Crippen LogP contribution in [0.25, 0.3) is 0 Å². The summed E-state index contributed by atoms with van der Waals surface area (Å²) in [4.78, 5) is 6.14. The Morgan fingerprint density at radius 1 is 1.35 bits per heavy atom. The van der Waals surface area contributed by atoms with Crippen LogP contribution >= 0.6 is 0 Å². The molecule has 104 valence electrons. The average Bonchev–Trinajstić information content (AvgIpc) is 2.47. The standard InChI is InChI=1S/C14H15FN4O/c1-2-19(11-6-3-5-10(15)9-11)13-8-4-7-12(17-13)14(16)18-20/h3-9,20H,2H2,1H3,(H2,16,18). The van der Waals surface area contributed by atoms with Crippen molar-refractivity contribution in [2.45, 2.75) is 6.92 Å². The van der Waals surface area contributed by atoms with Crippen molar-refractivity contribution in [2.24, 2.45) is 10.9 Å². The Balaban J connectivity index is 2.42. The predicted octanol–water partition coefficient (Wildman–Crippen LogP) is 2.47. The fourth-order valence-electron chi connectivity index (χ4n) is 1.89. The Labute approximate surface area is 116 Å². The molecular formula is C14H15FN4O. The second-order valence-corrected chi connectivity index (χ2v) is 4.09. The Morgan fingerprint density at radius 3 is 2.75 bits per heavy atom. The highest BCUT2D eigenvalue weighted by molar-refractivity contribution is 5.95. The third-order valence-corrected chi connectivity index (χ3v) is 2.82. The molecule has 0 fully saturated rings. The minimum Gasteiger partial charge on any atom is -0.409 e. The summed E-state index contributed by atoms with van der Waals surface area (Å²) in [6.45, 7) is 2.54. The van der Waals surface area contributed by atoms with Gasteiger partial charge < -0.3 is 15.8 Å². The van der Waals surface area contributed by atoms with Gasteiger partial charge in [0.1, 0.15) is 17.3 Å². The van der Waals surface area contributed by atoms with Crippen LogP contribution in [0, 0.1) is 5.82 Å². The van der Waals surface area contributed by atoms with Gasteiger partial charge in [0.2, 0.25) is 0 Å². The molecule has 1 aromatic heterocycles. The van der Waals surface area contributed by atoms with Crippen LogP contribution in [0.4, 0.5) is 15.9 Å². The van der Waals surface area contributed by atoms with Gasteiger partial charge in [-0.25, -0.2) is 9.37 Å². The molecule has 1 aromatic carbocycles. The zero-order chi connectivity index (χ0) is 14.5. The van der Waals surface area contributed by atoms with Crippen LogP contribution in [0.5, 0.6) is 0 Å². The van der Waals surface area contributed by atoms with Crippen molar-refractivity contribution in [1.82, 2.24) is 4.98 Å². The molecule has 0 amide bonds. The highest BCUT2D eigenvalue weighted by Gasteiger charge is 2.11. The molecule has 3 N–H and O–H groups in total. The molecule has 0 spiro atoms. The molecular weight excluding hydrogens is 259 g/mol. The van der Waals surface area contributed by atoms with E-state index in [0.717, 1.165) is 0 Å². The minimum atomic E-state index is -0.312. The van der Waals surface area contributed by atoms with E-state index in [9.17, 15) is 4.39 Å². The predicted molar refractivity (Wildman–Crippen MR) is 75.8 cm³/mol.